The molecule has 5 heteroatoms. The van der Waals surface area contributed by atoms with Gasteiger partial charge in [0.05, 0.1) is 10.6 Å². The number of carbonyl (C=O) groups excluding carboxylic acids is 1. The number of carbonyl (C=O) groups is 1. The molecule has 1 fully saturated rings. The van der Waals surface area contributed by atoms with Gasteiger partial charge in [-0.1, -0.05) is 41.9 Å². The Labute approximate surface area is 149 Å². The largest absolute Gasteiger partial charge is 0.450 e. The lowest BCUT2D eigenvalue weighted by atomic mass is 9.84. The summed E-state index contributed by atoms with van der Waals surface area (Å²) in [5.41, 5.74) is 0.966. The van der Waals surface area contributed by atoms with Crippen LogP contribution in [0.1, 0.15) is 28.8 Å². The fourth-order valence-electron chi connectivity index (χ4n) is 2.88. The molecular weight excluding hydrogens is 378 g/mol. The highest BCUT2D eigenvalue weighted by Crippen LogP contribution is 2.36. The molecule has 0 atom stereocenters. The third-order valence-electron chi connectivity index (χ3n) is 4.15. The summed E-state index contributed by atoms with van der Waals surface area (Å²) in [6.07, 6.45) is 1.52. The van der Waals surface area contributed by atoms with Crippen LogP contribution in [0.5, 0.6) is 0 Å². The molecular formula is C18H17BrClNO2. The third-order valence-corrected chi connectivity index (χ3v) is 5.37. The van der Waals surface area contributed by atoms with Gasteiger partial charge in [-0.3, -0.25) is 0 Å². The average molecular weight is 395 g/mol. The van der Waals surface area contributed by atoms with Crippen LogP contribution in [0, 0.1) is 0 Å². The second-order valence-corrected chi connectivity index (χ2v) is 6.89. The second-order valence-electron chi connectivity index (χ2n) is 5.63. The number of piperidine rings is 1. The molecule has 0 aliphatic carbocycles. The summed E-state index contributed by atoms with van der Waals surface area (Å²) < 4.78 is 6.69. The van der Waals surface area contributed by atoms with E-state index in [4.69, 9.17) is 16.3 Å². The fraction of sp³-hybridized carbons (Fsp3) is 0.278. The maximum atomic E-state index is 12.6. The van der Waals surface area contributed by atoms with E-state index in [9.17, 15) is 4.79 Å². The Morgan fingerprint density at radius 1 is 1.13 bits per heavy atom. The minimum absolute atomic E-state index is 0.326. The Morgan fingerprint density at radius 2 is 1.83 bits per heavy atom. The standard InChI is InChI=1S/C18H17BrClNO2/c19-15-12-13(6-7-16(15)20)17(22)23-18(8-10-21-11-9-18)14-4-2-1-3-5-14/h1-7,12,21H,8-11H2. The molecule has 0 saturated carbocycles. The highest BCUT2D eigenvalue weighted by atomic mass is 79.9. The number of hydrogen-bond acceptors (Lipinski definition) is 3. The van der Waals surface area contributed by atoms with Crippen molar-refractivity contribution < 1.29 is 9.53 Å². The van der Waals surface area contributed by atoms with Crippen LogP contribution in [0.3, 0.4) is 0 Å². The van der Waals surface area contributed by atoms with Crippen LogP contribution >= 0.6 is 27.5 Å². The molecule has 0 bridgehead atoms. The van der Waals surface area contributed by atoms with E-state index in [0.29, 0.717) is 15.1 Å². The van der Waals surface area contributed by atoms with Gasteiger partial charge in [0, 0.05) is 17.3 Å². The van der Waals surface area contributed by atoms with Crippen molar-refractivity contribution in [1.29, 1.82) is 0 Å². The van der Waals surface area contributed by atoms with Crippen molar-refractivity contribution in [2.75, 3.05) is 13.1 Å². The van der Waals surface area contributed by atoms with E-state index < -0.39 is 5.60 Å². The minimum atomic E-state index is -0.574. The number of halogens is 2. The molecule has 0 radical (unpaired) electrons. The number of nitrogens with one attached hydrogen (secondary N) is 1. The van der Waals surface area contributed by atoms with Gasteiger partial charge < -0.3 is 10.1 Å². The summed E-state index contributed by atoms with van der Waals surface area (Å²) in [5.74, 6) is -0.326. The molecule has 1 aliphatic rings. The SMILES string of the molecule is O=C(OC1(c2ccccc2)CCNCC1)c1ccc(Cl)c(Br)c1. The van der Waals surface area contributed by atoms with Gasteiger partial charge in [0.15, 0.2) is 0 Å². The molecule has 0 amide bonds. The van der Waals surface area contributed by atoms with Crippen LogP contribution in [-0.4, -0.2) is 19.1 Å². The first-order valence-corrected chi connectivity index (χ1v) is 8.72. The van der Waals surface area contributed by atoms with E-state index in [1.54, 1.807) is 18.2 Å². The Kier molecular flexibility index (Phi) is 5.05. The van der Waals surface area contributed by atoms with Crippen LogP contribution in [0.2, 0.25) is 5.02 Å². The first-order valence-electron chi connectivity index (χ1n) is 7.55. The van der Waals surface area contributed by atoms with E-state index in [1.807, 2.05) is 30.3 Å². The predicted molar refractivity (Wildman–Crippen MR) is 94.8 cm³/mol. The van der Waals surface area contributed by atoms with Gasteiger partial charge in [0.1, 0.15) is 5.60 Å². The molecule has 1 N–H and O–H groups in total. The van der Waals surface area contributed by atoms with Crippen LogP contribution in [0.25, 0.3) is 0 Å². The van der Waals surface area contributed by atoms with Gasteiger partial charge in [-0.15, -0.1) is 0 Å². The van der Waals surface area contributed by atoms with Crippen LogP contribution < -0.4 is 5.32 Å². The van der Waals surface area contributed by atoms with Crippen molar-refractivity contribution in [2.45, 2.75) is 18.4 Å². The van der Waals surface area contributed by atoms with Gasteiger partial charge >= 0.3 is 5.97 Å². The topological polar surface area (TPSA) is 38.3 Å². The number of hydrogen-bond donors (Lipinski definition) is 1. The number of benzene rings is 2. The summed E-state index contributed by atoms with van der Waals surface area (Å²) >= 11 is 9.34. The molecule has 0 spiro atoms. The lowest BCUT2D eigenvalue weighted by molar-refractivity contribution is -0.0378. The zero-order valence-corrected chi connectivity index (χ0v) is 14.9. The van der Waals surface area contributed by atoms with E-state index in [-0.39, 0.29) is 5.97 Å². The first kappa shape index (κ1) is 16.5. The van der Waals surface area contributed by atoms with Gasteiger partial charge in [-0.05, 0) is 52.8 Å². The monoisotopic (exact) mass is 393 g/mol. The quantitative estimate of drug-likeness (QED) is 0.777. The molecule has 2 aromatic rings. The molecule has 0 unspecified atom stereocenters. The Bertz CT molecular complexity index is 699. The smallest absolute Gasteiger partial charge is 0.339 e. The van der Waals surface area contributed by atoms with Crippen molar-refractivity contribution in [2.24, 2.45) is 0 Å². The summed E-state index contributed by atoms with van der Waals surface area (Å²) in [6, 6.07) is 15.1. The maximum absolute atomic E-state index is 12.6. The molecule has 23 heavy (non-hydrogen) atoms. The molecule has 3 rings (SSSR count). The summed E-state index contributed by atoms with van der Waals surface area (Å²) in [7, 11) is 0. The molecule has 120 valence electrons. The van der Waals surface area contributed by atoms with Gasteiger partial charge in [-0.25, -0.2) is 4.79 Å². The fourth-order valence-corrected chi connectivity index (χ4v) is 3.38. The van der Waals surface area contributed by atoms with E-state index in [0.717, 1.165) is 31.5 Å². The summed E-state index contributed by atoms with van der Waals surface area (Å²) in [6.45, 7) is 1.65. The molecule has 1 saturated heterocycles. The predicted octanol–water partition coefficient (Wildman–Crippen LogP) is 4.54. The number of ether oxygens (including phenoxy) is 1. The minimum Gasteiger partial charge on any atom is -0.450 e. The highest BCUT2D eigenvalue weighted by Gasteiger charge is 2.38. The van der Waals surface area contributed by atoms with Crippen LogP contribution in [0.4, 0.5) is 0 Å². The van der Waals surface area contributed by atoms with Crippen molar-refractivity contribution in [3.8, 4) is 0 Å². The van der Waals surface area contributed by atoms with Crippen molar-refractivity contribution in [3.63, 3.8) is 0 Å². The first-order chi connectivity index (χ1) is 11.1. The lowest BCUT2D eigenvalue weighted by Crippen LogP contribution is -2.43. The van der Waals surface area contributed by atoms with Gasteiger partial charge in [-0.2, -0.15) is 0 Å². The second kappa shape index (κ2) is 7.04. The van der Waals surface area contributed by atoms with E-state index >= 15 is 0 Å². The lowest BCUT2D eigenvalue weighted by Gasteiger charge is -2.37. The third kappa shape index (κ3) is 3.60. The van der Waals surface area contributed by atoms with E-state index in [2.05, 4.69) is 21.2 Å². The maximum Gasteiger partial charge on any atom is 0.339 e. The Morgan fingerprint density at radius 3 is 2.48 bits per heavy atom. The summed E-state index contributed by atoms with van der Waals surface area (Å²) in [4.78, 5) is 12.6. The average Bonchev–Trinajstić information content (AvgIpc) is 2.59. The zero-order valence-electron chi connectivity index (χ0n) is 12.5. The summed E-state index contributed by atoms with van der Waals surface area (Å²) in [5, 5.41) is 3.89. The molecule has 1 heterocycles. The highest BCUT2D eigenvalue weighted by molar-refractivity contribution is 9.10. The van der Waals surface area contributed by atoms with Crippen molar-refractivity contribution in [3.05, 3.63) is 69.2 Å². The Balaban J connectivity index is 1.89. The zero-order chi connectivity index (χ0) is 16.3. The molecule has 2 aromatic carbocycles. The van der Waals surface area contributed by atoms with Crippen LogP contribution in [0.15, 0.2) is 53.0 Å². The van der Waals surface area contributed by atoms with Gasteiger partial charge in [0.25, 0.3) is 0 Å². The number of rotatable bonds is 3. The molecule has 1 aliphatic heterocycles. The molecule has 3 nitrogen and oxygen atoms in total. The molecule has 0 aromatic heterocycles. The van der Waals surface area contributed by atoms with Crippen molar-refractivity contribution in [1.82, 2.24) is 5.32 Å². The van der Waals surface area contributed by atoms with Crippen LogP contribution in [-0.2, 0) is 10.3 Å². The normalized spacial score (nSPS) is 16.8. The Hall–Kier alpha value is -1.36. The van der Waals surface area contributed by atoms with Crippen molar-refractivity contribution >= 4 is 33.5 Å². The van der Waals surface area contributed by atoms with Gasteiger partial charge in [0.2, 0.25) is 0 Å². The van der Waals surface area contributed by atoms with E-state index in [1.165, 1.54) is 0 Å². The number of esters is 1.